The minimum absolute atomic E-state index is 0.0543. The number of likely N-dealkylation sites (tertiary alicyclic amines) is 1. The van der Waals surface area contributed by atoms with E-state index in [1.54, 1.807) is 37.4 Å². The number of nitrogens with zero attached hydrogens (tertiary/aromatic N) is 3. The van der Waals surface area contributed by atoms with Gasteiger partial charge in [0.15, 0.2) is 0 Å². The van der Waals surface area contributed by atoms with Gasteiger partial charge < -0.3 is 10.2 Å². The molecule has 2 amide bonds. The van der Waals surface area contributed by atoms with Crippen molar-refractivity contribution in [1.29, 1.82) is 0 Å². The summed E-state index contributed by atoms with van der Waals surface area (Å²) < 4.78 is 0. The number of piperidine rings is 1. The molecule has 4 rings (SSSR count). The number of amides is 2. The molecule has 2 aliphatic heterocycles. The van der Waals surface area contributed by atoms with E-state index >= 15 is 0 Å². The van der Waals surface area contributed by atoms with E-state index in [-0.39, 0.29) is 17.5 Å². The number of hydrazine groups is 1. The molecule has 0 spiro atoms. The van der Waals surface area contributed by atoms with Crippen LogP contribution in [0.15, 0.2) is 77.4 Å². The first kappa shape index (κ1) is 23.3. The van der Waals surface area contributed by atoms with Crippen LogP contribution >= 0.6 is 0 Å². The van der Waals surface area contributed by atoms with Crippen molar-refractivity contribution in [2.45, 2.75) is 25.4 Å². The molecule has 0 saturated carbocycles. The van der Waals surface area contributed by atoms with Gasteiger partial charge in [-0.3, -0.25) is 19.5 Å². The predicted molar refractivity (Wildman–Crippen MR) is 126 cm³/mol. The molecule has 2 aromatic carbocycles. The lowest BCUT2D eigenvalue weighted by atomic mass is 10.0. The van der Waals surface area contributed by atoms with Gasteiger partial charge in [0.25, 0.3) is 11.8 Å². The third kappa shape index (κ3) is 5.94. The number of benzene rings is 2. The van der Waals surface area contributed by atoms with E-state index in [2.05, 4.69) is 32.9 Å². The van der Waals surface area contributed by atoms with Crippen LogP contribution in [0, 0.1) is 0 Å². The summed E-state index contributed by atoms with van der Waals surface area (Å²) in [5.41, 5.74) is 3.92. The second-order valence-corrected chi connectivity index (χ2v) is 8.25. The molecule has 2 aromatic rings. The van der Waals surface area contributed by atoms with Crippen molar-refractivity contribution in [3.8, 4) is 0 Å². The molecule has 2 N–H and O–H groups in total. The lowest BCUT2D eigenvalue weighted by molar-refractivity contribution is -0.142. The van der Waals surface area contributed by atoms with Gasteiger partial charge >= 0.3 is 5.97 Å². The van der Waals surface area contributed by atoms with E-state index in [1.165, 1.54) is 16.6 Å². The number of carbonyl (C=O) groups excluding carboxylic acids is 3. The highest BCUT2D eigenvalue weighted by molar-refractivity contribution is 6.45. The Kier molecular flexibility index (Phi) is 7.46. The number of rotatable bonds is 6. The minimum atomic E-state index is -0.663. The van der Waals surface area contributed by atoms with E-state index in [9.17, 15) is 14.4 Å². The maximum Gasteiger partial charge on any atom is 0.376 e. The van der Waals surface area contributed by atoms with Crippen LogP contribution in [0.25, 0.3) is 0 Å². The molecule has 9 heteroatoms. The van der Waals surface area contributed by atoms with Crippen molar-refractivity contribution in [1.82, 2.24) is 20.8 Å². The number of nitrogens with one attached hydrogen (secondary N) is 2. The number of likely N-dealkylation sites (N-methyl/N-ethyl adjacent to an activating group) is 1. The molecule has 2 fully saturated rings. The first-order valence-corrected chi connectivity index (χ1v) is 11.2. The normalized spacial score (nSPS) is 18.7. The zero-order valence-corrected chi connectivity index (χ0v) is 18.9. The summed E-state index contributed by atoms with van der Waals surface area (Å²) in [4.78, 5) is 48.9. The average molecular weight is 462 g/mol. The summed E-state index contributed by atoms with van der Waals surface area (Å²) in [6.45, 7) is 2.55. The quantitative estimate of drug-likeness (QED) is 0.500. The van der Waals surface area contributed by atoms with Gasteiger partial charge in [0.2, 0.25) is 0 Å². The molecule has 2 heterocycles. The van der Waals surface area contributed by atoms with Gasteiger partial charge in [-0.2, -0.15) is 0 Å². The third-order valence-electron chi connectivity index (χ3n) is 5.77. The molecular weight excluding hydrogens is 434 g/mol. The molecule has 34 heavy (non-hydrogen) atoms. The SMILES string of the molecule is CN1NOC(=O)/C1=C/C(=NC(=O)c1ccccc1)C(=O)NC1CCN(Cc2ccccc2)CC1. The Bertz CT molecular complexity index is 1090. The molecule has 0 atom stereocenters. The molecule has 0 unspecified atom stereocenters. The summed E-state index contributed by atoms with van der Waals surface area (Å²) in [7, 11) is 1.56. The predicted octanol–water partition coefficient (Wildman–Crippen LogP) is 1.84. The van der Waals surface area contributed by atoms with Crippen LogP contribution < -0.4 is 10.9 Å². The van der Waals surface area contributed by atoms with Gasteiger partial charge in [-0.1, -0.05) is 54.1 Å². The van der Waals surface area contributed by atoms with Crippen molar-refractivity contribution in [2.75, 3.05) is 20.1 Å². The molecule has 0 aliphatic carbocycles. The second kappa shape index (κ2) is 10.9. The zero-order valence-electron chi connectivity index (χ0n) is 18.9. The van der Waals surface area contributed by atoms with Gasteiger partial charge in [0.05, 0.1) is 0 Å². The number of aliphatic imine (C=N–C) groups is 1. The van der Waals surface area contributed by atoms with Crippen molar-refractivity contribution >= 4 is 23.5 Å². The third-order valence-corrected chi connectivity index (χ3v) is 5.77. The van der Waals surface area contributed by atoms with E-state index in [4.69, 9.17) is 4.84 Å². The van der Waals surface area contributed by atoms with Crippen LogP contribution in [-0.4, -0.2) is 59.6 Å². The Morgan fingerprint density at radius 2 is 1.74 bits per heavy atom. The summed E-state index contributed by atoms with van der Waals surface area (Å²) in [5, 5.41) is 4.30. The minimum Gasteiger partial charge on any atom is -0.348 e. The molecule has 9 nitrogen and oxygen atoms in total. The first-order chi connectivity index (χ1) is 16.5. The highest BCUT2D eigenvalue weighted by Crippen LogP contribution is 2.15. The van der Waals surface area contributed by atoms with Gasteiger partial charge in [-0.05, 0) is 30.5 Å². The van der Waals surface area contributed by atoms with E-state index < -0.39 is 17.8 Å². The molecule has 2 saturated heterocycles. The fraction of sp³-hybridized carbons (Fsp3) is 0.280. The summed E-state index contributed by atoms with van der Waals surface area (Å²) in [5.74, 6) is -1.74. The van der Waals surface area contributed by atoms with E-state index in [1.807, 2.05) is 18.2 Å². The maximum atomic E-state index is 13.1. The van der Waals surface area contributed by atoms with Crippen LogP contribution in [-0.2, 0) is 21.0 Å². The number of hydrogen-bond acceptors (Lipinski definition) is 7. The highest BCUT2D eigenvalue weighted by Gasteiger charge is 2.28. The van der Waals surface area contributed by atoms with Crippen LogP contribution in [0.3, 0.4) is 0 Å². The monoisotopic (exact) mass is 461 g/mol. The van der Waals surface area contributed by atoms with Gasteiger partial charge in [-0.15, -0.1) is 0 Å². The number of hydrogen-bond donors (Lipinski definition) is 2. The van der Waals surface area contributed by atoms with Crippen LogP contribution in [0.2, 0.25) is 0 Å². The average Bonchev–Trinajstić information content (AvgIpc) is 3.18. The van der Waals surface area contributed by atoms with Crippen LogP contribution in [0.1, 0.15) is 28.8 Å². The fourth-order valence-corrected chi connectivity index (χ4v) is 3.87. The number of carbonyl (C=O) groups is 3. The lowest BCUT2D eigenvalue weighted by Gasteiger charge is -2.32. The van der Waals surface area contributed by atoms with Crippen LogP contribution in [0.5, 0.6) is 0 Å². The Hall–Kier alpha value is -3.82. The maximum absolute atomic E-state index is 13.1. The summed E-state index contributed by atoms with van der Waals surface area (Å²) in [6.07, 6.45) is 2.82. The molecule has 176 valence electrons. The highest BCUT2D eigenvalue weighted by atomic mass is 16.7. The molecule has 2 aliphatic rings. The summed E-state index contributed by atoms with van der Waals surface area (Å²) in [6, 6.07) is 18.7. The van der Waals surface area contributed by atoms with Gasteiger partial charge in [-0.25, -0.2) is 9.79 Å². The molecule has 0 bridgehead atoms. The topological polar surface area (TPSA) is 103 Å². The molecular formula is C25H27N5O4. The van der Waals surface area contributed by atoms with Crippen LogP contribution in [0.4, 0.5) is 0 Å². The van der Waals surface area contributed by atoms with Gasteiger partial charge in [0.1, 0.15) is 11.4 Å². The Morgan fingerprint density at radius 1 is 1.09 bits per heavy atom. The molecule has 0 aromatic heterocycles. The van der Waals surface area contributed by atoms with Crippen molar-refractivity contribution in [3.63, 3.8) is 0 Å². The first-order valence-electron chi connectivity index (χ1n) is 11.2. The Balaban J connectivity index is 1.44. The molecule has 0 radical (unpaired) electrons. The second-order valence-electron chi connectivity index (χ2n) is 8.25. The Labute approximate surface area is 198 Å². The summed E-state index contributed by atoms with van der Waals surface area (Å²) >= 11 is 0. The van der Waals surface area contributed by atoms with Crippen molar-refractivity contribution in [3.05, 3.63) is 83.6 Å². The lowest BCUT2D eigenvalue weighted by Crippen LogP contribution is -2.46. The fourth-order valence-electron chi connectivity index (χ4n) is 3.87. The smallest absolute Gasteiger partial charge is 0.348 e. The zero-order chi connectivity index (χ0) is 23.9. The van der Waals surface area contributed by atoms with E-state index in [0.717, 1.165) is 32.5 Å². The van der Waals surface area contributed by atoms with E-state index in [0.29, 0.717) is 5.56 Å². The standard InChI is InChI=1S/C25H27N5O4/c1-29-22(25(33)34-28-29)16-21(27-23(31)19-10-6-3-7-11-19)24(32)26-20-12-14-30(15-13-20)17-18-8-4-2-5-9-18/h2-11,16,20,28H,12-15,17H2,1H3,(H,26,32)/b22-16-,27-21?. The Morgan fingerprint density at radius 3 is 2.35 bits per heavy atom. The van der Waals surface area contributed by atoms with Crippen molar-refractivity contribution < 1.29 is 19.2 Å². The van der Waals surface area contributed by atoms with Gasteiger partial charge in [0, 0.05) is 44.4 Å². The largest absolute Gasteiger partial charge is 0.376 e. The van der Waals surface area contributed by atoms with Crippen molar-refractivity contribution in [2.24, 2.45) is 4.99 Å².